The van der Waals surface area contributed by atoms with Crippen LogP contribution in [0.25, 0.3) is 0 Å². The molecule has 2 aromatic rings. The average Bonchev–Trinajstić information content (AvgIpc) is 3.31. The molecule has 1 aliphatic carbocycles. The van der Waals surface area contributed by atoms with Crippen molar-refractivity contribution in [2.75, 3.05) is 5.32 Å². The maximum Gasteiger partial charge on any atom is 0.259 e. The summed E-state index contributed by atoms with van der Waals surface area (Å²) in [4.78, 5) is 24.3. The van der Waals surface area contributed by atoms with E-state index in [1.807, 2.05) is 6.92 Å². The van der Waals surface area contributed by atoms with E-state index in [1.54, 1.807) is 36.4 Å². The Labute approximate surface area is 134 Å². The highest BCUT2D eigenvalue weighted by atomic mass is 16.3. The lowest BCUT2D eigenvalue weighted by atomic mass is 10.1. The third-order valence-corrected chi connectivity index (χ3v) is 3.69. The number of nitrogens with one attached hydrogen (secondary N) is 2. The van der Waals surface area contributed by atoms with Crippen LogP contribution in [-0.4, -0.2) is 23.0 Å². The van der Waals surface area contributed by atoms with Gasteiger partial charge in [-0.1, -0.05) is 12.1 Å². The number of aryl methyl sites for hydroxylation is 1. The van der Waals surface area contributed by atoms with Gasteiger partial charge < -0.3 is 15.7 Å². The molecule has 2 aromatic carbocycles. The van der Waals surface area contributed by atoms with Crippen LogP contribution >= 0.6 is 0 Å². The van der Waals surface area contributed by atoms with Crippen molar-refractivity contribution >= 4 is 17.5 Å². The van der Waals surface area contributed by atoms with Gasteiger partial charge in [-0.2, -0.15) is 0 Å². The molecule has 0 aliphatic heterocycles. The molecule has 2 amide bonds. The van der Waals surface area contributed by atoms with Crippen molar-refractivity contribution in [3.63, 3.8) is 0 Å². The maximum atomic E-state index is 12.2. The highest BCUT2D eigenvalue weighted by molar-refractivity contribution is 6.06. The lowest BCUT2D eigenvalue weighted by Crippen LogP contribution is -2.25. The number of aromatic hydroxyl groups is 1. The third kappa shape index (κ3) is 3.69. The van der Waals surface area contributed by atoms with Gasteiger partial charge in [0.15, 0.2) is 0 Å². The summed E-state index contributed by atoms with van der Waals surface area (Å²) in [5.74, 6) is -0.617. The average molecular weight is 310 g/mol. The molecular formula is C18H18N2O3. The number of carbonyl (C=O) groups excluding carboxylic acids is 2. The minimum atomic E-state index is -0.415. The molecule has 0 unspecified atom stereocenters. The molecule has 0 aromatic heterocycles. The van der Waals surface area contributed by atoms with Crippen molar-refractivity contribution in [1.29, 1.82) is 0 Å². The number of amides is 2. The van der Waals surface area contributed by atoms with Crippen LogP contribution in [0.5, 0.6) is 5.75 Å². The maximum absolute atomic E-state index is 12.2. The van der Waals surface area contributed by atoms with Gasteiger partial charge in [0.25, 0.3) is 11.8 Å². The Morgan fingerprint density at radius 1 is 1.09 bits per heavy atom. The van der Waals surface area contributed by atoms with Crippen LogP contribution in [0, 0.1) is 6.92 Å². The molecule has 5 nitrogen and oxygen atoms in total. The van der Waals surface area contributed by atoms with Crippen molar-refractivity contribution in [2.24, 2.45) is 0 Å². The van der Waals surface area contributed by atoms with E-state index in [2.05, 4.69) is 10.6 Å². The number of hydrogen-bond donors (Lipinski definition) is 3. The van der Waals surface area contributed by atoms with E-state index in [-0.39, 0.29) is 23.3 Å². The van der Waals surface area contributed by atoms with Crippen LogP contribution < -0.4 is 10.6 Å². The van der Waals surface area contributed by atoms with Gasteiger partial charge in [0.1, 0.15) is 5.75 Å². The van der Waals surface area contributed by atoms with Crippen LogP contribution in [0.3, 0.4) is 0 Å². The predicted octanol–water partition coefficient (Wildman–Crippen LogP) is 2.85. The molecule has 0 bridgehead atoms. The Kier molecular flexibility index (Phi) is 4.02. The SMILES string of the molecule is Cc1ccc(C(=O)Nc2cccc(C(=O)NC3CC3)c2)c(O)c1. The normalized spacial score (nSPS) is 13.4. The fraction of sp³-hybridized carbons (Fsp3) is 0.222. The van der Waals surface area contributed by atoms with E-state index in [0.717, 1.165) is 18.4 Å². The lowest BCUT2D eigenvalue weighted by molar-refractivity contribution is 0.0949. The summed E-state index contributed by atoms with van der Waals surface area (Å²) in [6, 6.07) is 11.9. The molecule has 3 N–H and O–H groups in total. The molecule has 0 spiro atoms. The first-order valence-electron chi connectivity index (χ1n) is 7.55. The lowest BCUT2D eigenvalue weighted by Gasteiger charge is -2.09. The van der Waals surface area contributed by atoms with Gasteiger partial charge in [-0.3, -0.25) is 9.59 Å². The van der Waals surface area contributed by atoms with E-state index in [4.69, 9.17) is 0 Å². The monoisotopic (exact) mass is 310 g/mol. The van der Waals surface area contributed by atoms with Crippen molar-refractivity contribution in [3.8, 4) is 5.75 Å². The molecule has 0 atom stereocenters. The second-order valence-electron chi connectivity index (χ2n) is 5.80. The largest absolute Gasteiger partial charge is 0.507 e. The smallest absolute Gasteiger partial charge is 0.259 e. The minimum absolute atomic E-state index is 0.0647. The van der Waals surface area contributed by atoms with Crippen LogP contribution in [0.15, 0.2) is 42.5 Å². The second-order valence-corrected chi connectivity index (χ2v) is 5.80. The first-order chi connectivity index (χ1) is 11.0. The molecule has 1 aliphatic rings. The molecule has 118 valence electrons. The zero-order valence-electron chi connectivity index (χ0n) is 12.8. The third-order valence-electron chi connectivity index (χ3n) is 3.69. The Morgan fingerprint density at radius 2 is 1.87 bits per heavy atom. The topological polar surface area (TPSA) is 78.4 Å². The Hall–Kier alpha value is -2.82. The van der Waals surface area contributed by atoms with Crippen LogP contribution in [0.2, 0.25) is 0 Å². The zero-order chi connectivity index (χ0) is 16.4. The summed E-state index contributed by atoms with van der Waals surface area (Å²) in [7, 11) is 0. The van der Waals surface area contributed by atoms with Crippen molar-refractivity contribution in [2.45, 2.75) is 25.8 Å². The number of carbonyl (C=O) groups is 2. The summed E-state index contributed by atoms with van der Waals surface area (Å²) in [6.45, 7) is 1.84. The minimum Gasteiger partial charge on any atom is -0.507 e. The quantitative estimate of drug-likeness (QED) is 0.812. The van der Waals surface area contributed by atoms with Gasteiger partial charge in [0.2, 0.25) is 0 Å². The molecule has 0 radical (unpaired) electrons. The number of phenols is 1. The Morgan fingerprint density at radius 3 is 2.57 bits per heavy atom. The number of rotatable bonds is 4. The summed E-state index contributed by atoms with van der Waals surface area (Å²) in [5.41, 5.74) is 2.09. The number of phenolic OH excluding ortho intramolecular Hbond substituents is 1. The van der Waals surface area contributed by atoms with Crippen LogP contribution in [0.4, 0.5) is 5.69 Å². The van der Waals surface area contributed by atoms with Gasteiger partial charge in [-0.05, 0) is 55.7 Å². The molecule has 23 heavy (non-hydrogen) atoms. The van der Waals surface area contributed by atoms with Gasteiger partial charge in [0, 0.05) is 17.3 Å². The Bertz CT molecular complexity index is 767. The van der Waals surface area contributed by atoms with Gasteiger partial charge in [0.05, 0.1) is 5.56 Å². The molecule has 0 heterocycles. The van der Waals surface area contributed by atoms with Gasteiger partial charge >= 0.3 is 0 Å². The van der Waals surface area contributed by atoms with E-state index >= 15 is 0 Å². The van der Waals surface area contributed by atoms with Crippen molar-refractivity contribution < 1.29 is 14.7 Å². The fourth-order valence-corrected chi connectivity index (χ4v) is 2.27. The summed E-state index contributed by atoms with van der Waals surface area (Å²) in [6.07, 6.45) is 2.05. The van der Waals surface area contributed by atoms with Crippen LogP contribution in [0.1, 0.15) is 39.1 Å². The van der Waals surface area contributed by atoms with E-state index in [1.165, 1.54) is 6.07 Å². The summed E-state index contributed by atoms with van der Waals surface area (Å²) >= 11 is 0. The number of anilines is 1. The van der Waals surface area contributed by atoms with Crippen molar-refractivity contribution in [3.05, 3.63) is 59.2 Å². The fourth-order valence-electron chi connectivity index (χ4n) is 2.27. The Balaban J connectivity index is 1.74. The number of benzene rings is 2. The molecule has 1 fully saturated rings. The highest BCUT2D eigenvalue weighted by Crippen LogP contribution is 2.22. The molecule has 1 saturated carbocycles. The number of hydrogen-bond acceptors (Lipinski definition) is 3. The molecular weight excluding hydrogens is 292 g/mol. The first-order valence-corrected chi connectivity index (χ1v) is 7.55. The molecule has 5 heteroatoms. The van der Waals surface area contributed by atoms with Crippen molar-refractivity contribution in [1.82, 2.24) is 5.32 Å². The molecule has 0 saturated heterocycles. The first kappa shape index (κ1) is 15.1. The summed E-state index contributed by atoms with van der Waals surface area (Å²) in [5, 5.41) is 15.5. The second kappa shape index (κ2) is 6.12. The summed E-state index contributed by atoms with van der Waals surface area (Å²) < 4.78 is 0. The predicted molar refractivity (Wildman–Crippen MR) is 87.7 cm³/mol. The van der Waals surface area contributed by atoms with E-state index in [0.29, 0.717) is 11.3 Å². The van der Waals surface area contributed by atoms with E-state index in [9.17, 15) is 14.7 Å². The van der Waals surface area contributed by atoms with Crippen LogP contribution in [-0.2, 0) is 0 Å². The molecule has 3 rings (SSSR count). The highest BCUT2D eigenvalue weighted by Gasteiger charge is 2.23. The van der Waals surface area contributed by atoms with Gasteiger partial charge in [-0.25, -0.2) is 0 Å². The van der Waals surface area contributed by atoms with E-state index < -0.39 is 5.91 Å². The zero-order valence-corrected chi connectivity index (χ0v) is 12.8. The standard InChI is InChI=1S/C18H18N2O3/c1-11-5-8-15(16(21)9-11)18(23)20-14-4-2-3-12(10-14)17(22)19-13-6-7-13/h2-5,8-10,13,21H,6-7H2,1H3,(H,19,22)(H,20,23). The van der Waals surface area contributed by atoms with Gasteiger partial charge in [-0.15, -0.1) is 0 Å².